The second-order valence-corrected chi connectivity index (χ2v) is 4.25. The van der Waals surface area contributed by atoms with Gasteiger partial charge in [0.05, 0.1) is 0 Å². The van der Waals surface area contributed by atoms with Gasteiger partial charge in [-0.15, -0.1) is 0 Å². The van der Waals surface area contributed by atoms with Crippen LogP contribution in [0.3, 0.4) is 0 Å². The predicted molar refractivity (Wildman–Crippen MR) is 70.6 cm³/mol. The summed E-state index contributed by atoms with van der Waals surface area (Å²) < 4.78 is 27.0. The third kappa shape index (κ3) is 3.22. The van der Waals surface area contributed by atoms with Crippen molar-refractivity contribution in [2.24, 2.45) is 0 Å². The fourth-order valence-corrected chi connectivity index (χ4v) is 1.85. The summed E-state index contributed by atoms with van der Waals surface area (Å²) in [6, 6.07) is 9.45. The van der Waals surface area contributed by atoms with E-state index >= 15 is 0 Å². The molecule has 0 fully saturated rings. The summed E-state index contributed by atoms with van der Waals surface area (Å²) in [7, 11) is 0. The first-order valence-electron chi connectivity index (χ1n) is 6.03. The molecule has 0 bridgehead atoms. The zero-order valence-electron chi connectivity index (χ0n) is 10.7. The lowest BCUT2D eigenvalue weighted by atomic mass is 10.1. The van der Waals surface area contributed by atoms with Crippen LogP contribution in [0, 0.1) is 11.6 Å². The molecule has 2 rings (SSSR count). The van der Waals surface area contributed by atoms with E-state index in [1.54, 1.807) is 18.2 Å². The van der Waals surface area contributed by atoms with Crippen LogP contribution >= 0.6 is 0 Å². The number of benzene rings is 2. The molecule has 21 heavy (non-hydrogen) atoms. The van der Waals surface area contributed by atoms with E-state index in [1.807, 2.05) is 0 Å². The molecule has 1 amide bonds. The highest BCUT2D eigenvalue weighted by Gasteiger charge is 2.25. The number of carboxylic acid groups (broad SMARTS) is 1. The lowest BCUT2D eigenvalue weighted by Crippen LogP contribution is -2.34. The summed E-state index contributed by atoms with van der Waals surface area (Å²) in [6.45, 7) is 0. The normalized spacial score (nSPS) is 11.7. The third-order valence-corrected chi connectivity index (χ3v) is 2.85. The molecule has 108 valence electrons. The van der Waals surface area contributed by atoms with Crippen molar-refractivity contribution in [1.82, 2.24) is 5.32 Å². The Morgan fingerprint density at radius 2 is 1.52 bits per heavy atom. The van der Waals surface area contributed by atoms with Gasteiger partial charge in [0.1, 0.15) is 17.2 Å². The van der Waals surface area contributed by atoms with Crippen LogP contribution in [0.1, 0.15) is 22.0 Å². The second kappa shape index (κ2) is 6.13. The number of carbonyl (C=O) groups is 2. The first-order chi connectivity index (χ1) is 10.0. The Morgan fingerprint density at radius 3 is 2.05 bits per heavy atom. The third-order valence-electron chi connectivity index (χ3n) is 2.85. The lowest BCUT2D eigenvalue weighted by Gasteiger charge is -2.15. The Kier molecular flexibility index (Phi) is 4.27. The van der Waals surface area contributed by atoms with Gasteiger partial charge in [-0.05, 0) is 17.7 Å². The van der Waals surface area contributed by atoms with Crippen LogP contribution in [0.15, 0.2) is 48.5 Å². The van der Waals surface area contributed by atoms with Crippen molar-refractivity contribution in [2.45, 2.75) is 6.04 Å². The number of hydrogen-bond acceptors (Lipinski definition) is 2. The number of aliphatic carboxylic acids is 1. The van der Waals surface area contributed by atoms with Crippen molar-refractivity contribution in [3.63, 3.8) is 0 Å². The number of halogens is 2. The van der Waals surface area contributed by atoms with Crippen LogP contribution in [-0.4, -0.2) is 17.0 Å². The van der Waals surface area contributed by atoms with Crippen molar-refractivity contribution in [3.8, 4) is 0 Å². The molecular weight excluding hydrogens is 280 g/mol. The Hall–Kier alpha value is -2.76. The Bertz CT molecular complexity index is 654. The van der Waals surface area contributed by atoms with Gasteiger partial charge in [0.2, 0.25) is 0 Å². The highest BCUT2D eigenvalue weighted by molar-refractivity contribution is 5.97. The molecule has 0 unspecified atom stereocenters. The molecule has 2 aromatic carbocycles. The molecule has 0 radical (unpaired) electrons. The van der Waals surface area contributed by atoms with Crippen LogP contribution < -0.4 is 5.32 Å². The van der Waals surface area contributed by atoms with E-state index in [0.717, 1.165) is 18.2 Å². The number of amides is 1. The zero-order valence-corrected chi connectivity index (χ0v) is 10.7. The van der Waals surface area contributed by atoms with Crippen LogP contribution in [0.4, 0.5) is 8.78 Å². The van der Waals surface area contributed by atoms with Gasteiger partial charge >= 0.3 is 5.97 Å². The molecule has 0 spiro atoms. The number of rotatable bonds is 4. The molecule has 0 aliphatic carbocycles. The topological polar surface area (TPSA) is 66.4 Å². The fourth-order valence-electron chi connectivity index (χ4n) is 1.85. The van der Waals surface area contributed by atoms with Crippen molar-refractivity contribution in [1.29, 1.82) is 0 Å². The SMILES string of the molecule is O=C(N[C@@H](C(=O)O)c1ccccc1)c1c(F)cccc1F. The van der Waals surface area contributed by atoms with Crippen molar-refractivity contribution in [3.05, 3.63) is 71.3 Å². The van der Waals surface area contributed by atoms with Gasteiger partial charge in [-0.1, -0.05) is 36.4 Å². The van der Waals surface area contributed by atoms with Crippen LogP contribution in [-0.2, 0) is 4.79 Å². The van der Waals surface area contributed by atoms with E-state index in [-0.39, 0.29) is 0 Å². The van der Waals surface area contributed by atoms with Gasteiger partial charge in [-0.25, -0.2) is 13.6 Å². The van der Waals surface area contributed by atoms with Gasteiger partial charge in [0.25, 0.3) is 5.91 Å². The van der Waals surface area contributed by atoms with E-state index in [9.17, 15) is 18.4 Å². The highest BCUT2D eigenvalue weighted by Crippen LogP contribution is 2.16. The smallest absolute Gasteiger partial charge is 0.330 e. The monoisotopic (exact) mass is 291 g/mol. The van der Waals surface area contributed by atoms with E-state index in [2.05, 4.69) is 5.32 Å². The summed E-state index contributed by atoms with van der Waals surface area (Å²) >= 11 is 0. The Balaban J connectivity index is 2.30. The molecule has 0 aliphatic rings. The molecular formula is C15H11F2NO3. The number of carbonyl (C=O) groups excluding carboxylic acids is 1. The number of nitrogens with one attached hydrogen (secondary N) is 1. The molecule has 2 N–H and O–H groups in total. The van der Waals surface area contributed by atoms with Crippen molar-refractivity contribution in [2.75, 3.05) is 0 Å². The summed E-state index contributed by atoms with van der Waals surface area (Å²) in [5.41, 5.74) is -0.505. The maximum absolute atomic E-state index is 13.5. The first-order valence-corrected chi connectivity index (χ1v) is 6.03. The van der Waals surface area contributed by atoms with Gasteiger partial charge in [-0.2, -0.15) is 0 Å². The minimum atomic E-state index is -1.39. The first kappa shape index (κ1) is 14.6. The van der Waals surface area contributed by atoms with Crippen LogP contribution in [0.25, 0.3) is 0 Å². The summed E-state index contributed by atoms with van der Waals surface area (Å²) in [5, 5.41) is 11.3. The van der Waals surface area contributed by atoms with Crippen LogP contribution in [0.5, 0.6) is 0 Å². The summed E-state index contributed by atoms with van der Waals surface area (Å²) in [5.74, 6) is -4.55. The predicted octanol–water partition coefficient (Wildman–Crippen LogP) is 2.52. The highest BCUT2D eigenvalue weighted by atomic mass is 19.1. The van der Waals surface area contributed by atoms with E-state index < -0.39 is 35.1 Å². The van der Waals surface area contributed by atoms with Crippen molar-refractivity contribution >= 4 is 11.9 Å². The Morgan fingerprint density at radius 1 is 0.952 bits per heavy atom. The Labute approximate surface area is 119 Å². The zero-order chi connectivity index (χ0) is 15.4. The van der Waals surface area contributed by atoms with Gasteiger partial charge in [0.15, 0.2) is 6.04 Å². The summed E-state index contributed by atoms with van der Waals surface area (Å²) in [4.78, 5) is 23.2. The minimum absolute atomic E-state index is 0.301. The molecule has 0 saturated carbocycles. The van der Waals surface area contributed by atoms with E-state index in [0.29, 0.717) is 5.56 Å². The molecule has 0 heterocycles. The lowest BCUT2D eigenvalue weighted by molar-refractivity contribution is -0.139. The average molecular weight is 291 g/mol. The van der Waals surface area contributed by atoms with Crippen LogP contribution in [0.2, 0.25) is 0 Å². The van der Waals surface area contributed by atoms with Crippen molar-refractivity contribution < 1.29 is 23.5 Å². The number of hydrogen-bond donors (Lipinski definition) is 2. The summed E-state index contributed by atoms with van der Waals surface area (Å²) in [6.07, 6.45) is 0. The molecule has 0 saturated heterocycles. The number of carboxylic acids is 1. The molecule has 0 aromatic heterocycles. The molecule has 2 aromatic rings. The van der Waals surface area contributed by atoms with E-state index in [1.165, 1.54) is 12.1 Å². The molecule has 1 atom stereocenters. The van der Waals surface area contributed by atoms with E-state index in [4.69, 9.17) is 5.11 Å². The second-order valence-electron chi connectivity index (χ2n) is 4.25. The fraction of sp³-hybridized carbons (Fsp3) is 0.0667. The molecule has 6 heteroatoms. The average Bonchev–Trinajstić information content (AvgIpc) is 2.45. The minimum Gasteiger partial charge on any atom is -0.479 e. The molecule has 0 aliphatic heterocycles. The van der Waals surface area contributed by atoms with Gasteiger partial charge in [-0.3, -0.25) is 4.79 Å². The largest absolute Gasteiger partial charge is 0.479 e. The standard InChI is InChI=1S/C15H11F2NO3/c16-10-7-4-8-11(17)12(10)14(19)18-13(15(20)21)9-5-2-1-3-6-9/h1-8,13H,(H,18,19)(H,20,21)/t13-/m1/s1. The van der Waals surface area contributed by atoms with Gasteiger partial charge < -0.3 is 10.4 Å². The maximum atomic E-state index is 13.5. The quantitative estimate of drug-likeness (QED) is 0.909. The van der Waals surface area contributed by atoms with Gasteiger partial charge in [0, 0.05) is 0 Å². The maximum Gasteiger partial charge on any atom is 0.330 e. The molecule has 4 nitrogen and oxygen atoms in total.